The summed E-state index contributed by atoms with van der Waals surface area (Å²) in [5.74, 6) is -0.188. The zero-order valence-corrected chi connectivity index (χ0v) is 12.1. The van der Waals surface area contributed by atoms with Crippen molar-refractivity contribution in [2.24, 2.45) is 0 Å². The summed E-state index contributed by atoms with van der Waals surface area (Å²) >= 11 is 6.04. The smallest absolute Gasteiger partial charge is 0.319 e. The van der Waals surface area contributed by atoms with Gasteiger partial charge in [-0.3, -0.25) is 4.79 Å². The Morgan fingerprint density at radius 1 is 1.20 bits per heavy atom. The number of amides is 3. The highest BCUT2D eigenvalue weighted by molar-refractivity contribution is 6.34. The van der Waals surface area contributed by atoms with Crippen molar-refractivity contribution in [1.82, 2.24) is 5.32 Å². The van der Waals surface area contributed by atoms with E-state index in [-0.39, 0.29) is 18.0 Å². The van der Waals surface area contributed by atoms with Gasteiger partial charge in [0.2, 0.25) is 5.91 Å². The molecule has 0 bridgehead atoms. The van der Waals surface area contributed by atoms with Crippen LogP contribution in [0.1, 0.15) is 32.6 Å². The van der Waals surface area contributed by atoms with E-state index < -0.39 is 0 Å². The zero-order chi connectivity index (χ0) is 14.5. The fourth-order valence-corrected chi connectivity index (χ4v) is 2.53. The quantitative estimate of drug-likeness (QED) is 0.800. The Hall–Kier alpha value is -1.75. The van der Waals surface area contributed by atoms with Gasteiger partial charge in [0.15, 0.2) is 0 Å². The molecule has 3 N–H and O–H groups in total. The number of rotatable bonds is 3. The van der Waals surface area contributed by atoms with Gasteiger partial charge in [-0.2, -0.15) is 0 Å². The second-order valence-corrected chi connectivity index (χ2v) is 5.36. The lowest BCUT2D eigenvalue weighted by Gasteiger charge is -2.13. The van der Waals surface area contributed by atoms with Gasteiger partial charge in [0.1, 0.15) is 0 Å². The Kier molecular flexibility index (Phi) is 4.84. The Bertz CT molecular complexity index is 513. The Morgan fingerprint density at radius 2 is 1.90 bits per heavy atom. The summed E-state index contributed by atoms with van der Waals surface area (Å²) in [7, 11) is 0. The van der Waals surface area contributed by atoms with Crippen LogP contribution in [0.25, 0.3) is 0 Å². The second-order valence-electron chi connectivity index (χ2n) is 4.96. The number of urea groups is 1. The van der Waals surface area contributed by atoms with Crippen LogP contribution in [-0.4, -0.2) is 18.0 Å². The van der Waals surface area contributed by atoms with Crippen molar-refractivity contribution in [3.8, 4) is 0 Å². The predicted molar refractivity (Wildman–Crippen MR) is 80.2 cm³/mol. The molecular formula is C14H18ClN3O2. The average molecular weight is 296 g/mol. The summed E-state index contributed by atoms with van der Waals surface area (Å²) in [6, 6.07) is 5.02. The third-order valence-electron chi connectivity index (χ3n) is 3.23. The number of halogens is 1. The van der Waals surface area contributed by atoms with Gasteiger partial charge in [0, 0.05) is 18.7 Å². The van der Waals surface area contributed by atoms with Crippen LogP contribution in [0, 0.1) is 0 Å². The van der Waals surface area contributed by atoms with Crippen LogP contribution < -0.4 is 16.0 Å². The number of anilines is 2. The van der Waals surface area contributed by atoms with E-state index in [0.29, 0.717) is 16.4 Å². The molecule has 1 aliphatic rings. The maximum Gasteiger partial charge on any atom is 0.319 e. The molecule has 0 heterocycles. The van der Waals surface area contributed by atoms with Gasteiger partial charge < -0.3 is 16.0 Å². The van der Waals surface area contributed by atoms with Gasteiger partial charge in [-0.1, -0.05) is 24.4 Å². The Labute approximate surface area is 123 Å². The molecule has 1 fully saturated rings. The molecule has 20 heavy (non-hydrogen) atoms. The van der Waals surface area contributed by atoms with E-state index in [2.05, 4.69) is 16.0 Å². The first kappa shape index (κ1) is 14.7. The van der Waals surface area contributed by atoms with E-state index >= 15 is 0 Å². The fourth-order valence-electron chi connectivity index (χ4n) is 2.31. The highest BCUT2D eigenvalue weighted by atomic mass is 35.5. The number of nitrogens with one attached hydrogen (secondary N) is 3. The van der Waals surface area contributed by atoms with Crippen molar-refractivity contribution in [2.75, 3.05) is 10.6 Å². The number of carbonyl (C=O) groups is 2. The van der Waals surface area contributed by atoms with Crippen LogP contribution in [-0.2, 0) is 4.79 Å². The zero-order valence-electron chi connectivity index (χ0n) is 11.3. The van der Waals surface area contributed by atoms with Gasteiger partial charge in [-0.05, 0) is 31.0 Å². The predicted octanol–water partition coefficient (Wildman–Crippen LogP) is 3.36. The van der Waals surface area contributed by atoms with Crippen LogP contribution in [0.2, 0.25) is 5.02 Å². The van der Waals surface area contributed by atoms with E-state index in [9.17, 15) is 9.59 Å². The van der Waals surface area contributed by atoms with Crippen LogP contribution in [0.5, 0.6) is 0 Å². The monoisotopic (exact) mass is 295 g/mol. The molecule has 0 saturated heterocycles. The highest BCUT2D eigenvalue weighted by Crippen LogP contribution is 2.25. The number of benzene rings is 1. The first-order valence-electron chi connectivity index (χ1n) is 6.69. The van der Waals surface area contributed by atoms with Gasteiger partial charge in [0.05, 0.1) is 10.7 Å². The van der Waals surface area contributed by atoms with Crippen molar-refractivity contribution in [3.05, 3.63) is 23.2 Å². The highest BCUT2D eigenvalue weighted by Gasteiger charge is 2.17. The molecule has 1 aromatic carbocycles. The third-order valence-corrected chi connectivity index (χ3v) is 3.54. The van der Waals surface area contributed by atoms with Crippen LogP contribution in [0.4, 0.5) is 16.2 Å². The van der Waals surface area contributed by atoms with Gasteiger partial charge in [0.25, 0.3) is 0 Å². The molecule has 6 heteroatoms. The Balaban J connectivity index is 1.93. The Morgan fingerprint density at radius 3 is 2.50 bits per heavy atom. The summed E-state index contributed by atoms with van der Waals surface area (Å²) < 4.78 is 0. The SMILES string of the molecule is CC(=O)Nc1ccc(NC(=O)NC2CCCC2)cc1Cl. The van der Waals surface area contributed by atoms with Crippen molar-refractivity contribution >= 4 is 34.9 Å². The lowest BCUT2D eigenvalue weighted by atomic mass is 10.2. The van der Waals surface area contributed by atoms with Crippen molar-refractivity contribution in [2.45, 2.75) is 38.6 Å². The molecule has 108 valence electrons. The summed E-state index contributed by atoms with van der Waals surface area (Å²) in [5.41, 5.74) is 1.13. The molecule has 1 aliphatic carbocycles. The summed E-state index contributed by atoms with van der Waals surface area (Å²) in [6.45, 7) is 1.41. The largest absolute Gasteiger partial charge is 0.335 e. The van der Waals surface area contributed by atoms with Gasteiger partial charge in [-0.15, -0.1) is 0 Å². The fraction of sp³-hybridized carbons (Fsp3) is 0.429. The molecule has 0 aromatic heterocycles. The standard InChI is InChI=1S/C14H18ClN3O2/c1-9(19)16-13-7-6-11(8-12(13)15)18-14(20)17-10-4-2-3-5-10/h6-8,10H,2-5H2,1H3,(H,16,19)(H2,17,18,20). The molecule has 0 spiro atoms. The third kappa shape index (κ3) is 4.13. The molecule has 0 unspecified atom stereocenters. The molecule has 0 atom stereocenters. The maximum absolute atomic E-state index is 11.8. The first-order chi connectivity index (χ1) is 9.54. The first-order valence-corrected chi connectivity index (χ1v) is 7.07. The van der Waals surface area contributed by atoms with Crippen molar-refractivity contribution in [1.29, 1.82) is 0 Å². The summed E-state index contributed by atoms with van der Waals surface area (Å²) in [4.78, 5) is 22.8. The minimum atomic E-state index is -0.222. The van der Waals surface area contributed by atoms with Gasteiger partial charge in [-0.25, -0.2) is 4.79 Å². The van der Waals surface area contributed by atoms with Crippen molar-refractivity contribution < 1.29 is 9.59 Å². The number of carbonyl (C=O) groups excluding carboxylic acids is 2. The normalized spacial score (nSPS) is 14.9. The molecule has 5 nitrogen and oxygen atoms in total. The minimum Gasteiger partial charge on any atom is -0.335 e. The lowest BCUT2D eigenvalue weighted by Crippen LogP contribution is -2.36. The molecular weight excluding hydrogens is 278 g/mol. The minimum absolute atomic E-state index is 0.188. The van der Waals surface area contributed by atoms with E-state index in [1.807, 2.05) is 0 Å². The molecule has 1 saturated carbocycles. The van der Waals surface area contributed by atoms with Crippen molar-refractivity contribution in [3.63, 3.8) is 0 Å². The average Bonchev–Trinajstić information content (AvgIpc) is 2.85. The molecule has 0 radical (unpaired) electrons. The lowest BCUT2D eigenvalue weighted by molar-refractivity contribution is -0.114. The summed E-state index contributed by atoms with van der Waals surface area (Å²) in [5, 5.41) is 8.67. The topological polar surface area (TPSA) is 70.2 Å². The maximum atomic E-state index is 11.8. The van der Waals surface area contributed by atoms with Crippen LogP contribution in [0.3, 0.4) is 0 Å². The number of hydrogen-bond donors (Lipinski definition) is 3. The molecule has 3 amide bonds. The van der Waals surface area contributed by atoms with Crippen LogP contribution in [0.15, 0.2) is 18.2 Å². The van der Waals surface area contributed by atoms with E-state index in [0.717, 1.165) is 12.8 Å². The molecule has 2 rings (SSSR count). The van der Waals surface area contributed by atoms with E-state index in [1.165, 1.54) is 19.8 Å². The number of hydrogen-bond acceptors (Lipinski definition) is 2. The second kappa shape index (κ2) is 6.61. The van der Waals surface area contributed by atoms with Gasteiger partial charge >= 0.3 is 6.03 Å². The molecule has 0 aliphatic heterocycles. The van der Waals surface area contributed by atoms with E-state index in [4.69, 9.17) is 11.6 Å². The van der Waals surface area contributed by atoms with E-state index in [1.54, 1.807) is 18.2 Å². The van der Waals surface area contributed by atoms with Crippen LogP contribution >= 0.6 is 11.6 Å². The molecule has 1 aromatic rings. The summed E-state index contributed by atoms with van der Waals surface area (Å²) in [6.07, 6.45) is 4.41.